The molecule has 0 saturated carbocycles. The molecule has 0 radical (unpaired) electrons. The lowest BCUT2D eigenvalue weighted by atomic mass is 9.93. The molecule has 1 aliphatic carbocycles. The average Bonchev–Trinajstić information content (AvgIpc) is 3.04. The first kappa shape index (κ1) is 15.3. The smallest absolute Gasteiger partial charge is 0.115 e. The standard InChI is InChI=1S/C21H24N2O/c24-20-11-9-18(10-12-20)23-14-13-22-15-19(23)8-7-17-6-5-16-3-1-2-4-21(16)17/h1-6,9-12,17,19,22,24H,7-8,13-15H2. The van der Waals surface area contributed by atoms with Crippen molar-refractivity contribution < 1.29 is 5.11 Å². The second-order valence-corrected chi connectivity index (χ2v) is 6.74. The molecule has 0 aromatic heterocycles. The van der Waals surface area contributed by atoms with E-state index in [-0.39, 0.29) is 0 Å². The van der Waals surface area contributed by atoms with Gasteiger partial charge in [0.25, 0.3) is 0 Å². The van der Waals surface area contributed by atoms with E-state index in [1.54, 1.807) is 12.1 Å². The van der Waals surface area contributed by atoms with Crippen molar-refractivity contribution in [2.24, 2.45) is 0 Å². The fourth-order valence-corrected chi connectivity index (χ4v) is 3.95. The van der Waals surface area contributed by atoms with E-state index in [2.05, 4.69) is 46.6 Å². The number of hydrogen-bond donors (Lipinski definition) is 2. The number of rotatable bonds is 4. The number of fused-ring (bicyclic) bond motifs is 1. The Kier molecular flexibility index (Phi) is 4.26. The topological polar surface area (TPSA) is 35.5 Å². The van der Waals surface area contributed by atoms with Crippen LogP contribution in [-0.2, 0) is 0 Å². The van der Waals surface area contributed by atoms with E-state index < -0.39 is 0 Å². The van der Waals surface area contributed by atoms with E-state index in [4.69, 9.17) is 0 Å². The summed E-state index contributed by atoms with van der Waals surface area (Å²) in [4.78, 5) is 2.49. The first-order chi connectivity index (χ1) is 11.8. The van der Waals surface area contributed by atoms with Gasteiger partial charge in [0, 0.05) is 37.3 Å². The average molecular weight is 320 g/mol. The number of aromatic hydroxyl groups is 1. The lowest BCUT2D eigenvalue weighted by Crippen LogP contribution is -2.51. The number of anilines is 1. The maximum atomic E-state index is 9.52. The number of nitrogens with zero attached hydrogens (tertiary/aromatic N) is 1. The fourth-order valence-electron chi connectivity index (χ4n) is 3.95. The van der Waals surface area contributed by atoms with Crippen molar-refractivity contribution in [2.45, 2.75) is 24.8 Å². The van der Waals surface area contributed by atoms with Gasteiger partial charge in [-0.05, 0) is 48.2 Å². The second-order valence-electron chi connectivity index (χ2n) is 6.74. The summed E-state index contributed by atoms with van der Waals surface area (Å²) in [6.07, 6.45) is 6.95. The highest BCUT2D eigenvalue weighted by Crippen LogP contribution is 2.34. The second kappa shape index (κ2) is 6.70. The quantitative estimate of drug-likeness (QED) is 0.900. The maximum Gasteiger partial charge on any atom is 0.115 e. The van der Waals surface area contributed by atoms with Crippen molar-refractivity contribution in [1.29, 1.82) is 0 Å². The molecule has 124 valence electrons. The molecular weight excluding hydrogens is 296 g/mol. The molecule has 4 rings (SSSR count). The number of phenols is 1. The summed E-state index contributed by atoms with van der Waals surface area (Å²) in [7, 11) is 0. The van der Waals surface area contributed by atoms with Crippen LogP contribution in [0, 0.1) is 0 Å². The normalized spacial score (nSPS) is 22.6. The molecular formula is C21H24N2O. The van der Waals surface area contributed by atoms with Gasteiger partial charge < -0.3 is 15.3 Å². The van der Waals surface area contributed by atoms with Crippen molar-refractivity contribution in [3.63, 3.8) is 0 Å². The molecule has 2 aromatic carbocycles. The van der Waals surface area contributed by atoms with Crippen LogP contribution in [0.5, 0.6) is 5.75 Å². The third-order valence-corrected chi connectivity index (χ3v) is 5.25. The summed E-state index contributed by atoms with van der Waals surface area (Å²) in [6, 6.07) is 16.8. The van der Waals surface area contributed by atoms with Gasteiger partial charge in [0.15, 0.2) is 0 Å². The predicted octanol–water partition coefficient (Wildman–Crippen LogP) is 3.76. The van der Waals surface area contributed by atoms with Gasteiger partial charge in [-0.1, -0.05) is 36.4 Å². The Bertz CT molecular complexity index is 723. The minimum Gasteiger partial charge on any atom is -0.508 e. The van der Waals surface area contributed by atoms with E-state index in [1.165, 1.54) is 23.2 Å². The van der Waals surface area contributed by atoms with E-state index >= 15 is 0 Å². The zero-order valence-electron chi connectivity index (χ0n) is 13.9. The number of nitrogens with one attached hydrogen (secondary N) is 1. The molecule has 24 heavy (non-hydrogen) atoms. The van der Waals surface area contributed by atoms with Crippen LogP contribution < -0.4 is 10.2 Å². The monoisotopic (exact) mass is 320 g/mol. The minimum atomic E-state index is 0.332. The number of piperazine rings is 1. The largest absolute Gasteiger partial charge is 0.508 e. The fraction of sp³-hybridized carbons (Fsp3) is 0.333. The summed E-state index contributed by atoms with van der Waals surface area (Å²) in [6.45, 7) is 3.06. The zero-order valence-corrected chi connectivity index (χ0v) is 13.9. The summed E-state index contributed by atoms with van der Waals surface area (Å²) in [5.41, 5.74) is 4.05. The van der Waals surface area contributed by atoms with Crippen LogP contribution in [-0.4, -0.2) is 30.8 Å². The summed E-state index contributed by atoms with van der Waals surface area (Å²) < 4.78 is 0. The highest BCUT2D eigenvalue weighted by molar-refractivity contribution is 5.62. The van der Waals surface area contributed by atoms with Gasteiger partial charge in [0.05, 0.1) is 0 Å². The lowest BCUT2D eigenvalue weighted by molar-refractivity contribution is 0.438. The van der Waals surface area contributed by atoms with Gasteiger partial charge in [-0.25, -0.2) is 0 Å². The molecule has 0 spiro atoms. The van der Waals surface area contributed by atoms with Crippen LogP contribution in [0.4, 0.5) is 5.69 Å². The minimum absolute atomic E-state index is 0.332. The van der Waals surface area contributed by atoms with E-state index in [0.29, 0.717) is 17.7 Å². The maximum absolute atomic E-state index is 9.52. The predicted molar refractivity (Wildman–Crippen MR) is 99.6 cm³/mol. The molecule has 1 fully saturated rings. The molecule has 3 nitrogen and oxygen atoms in total. The molecule has 1 aliphatic heterocycles. The Morgan fingerprint density at radius 2 is 1.88 bits per heavy atom. The van der Waals surface area contributed by atoms with Gasteiger partial charge in [-0.15, -0.1) is 0 Å². The van der Waals surface area contributed by atoms with E-state index in [9.17, 15) is 5.11 Å². The Balaban J connectivity index is 1.45. The molecule has 2 atom stereocenters. The Hall–Kier alpha value is -2.26. The van der Waals surface area contributed by atoms with Crippen LogP contribution in [0.1, 0.15) is 29.9 Å². The van der Waals surface area contributed by atoms with Crippen LogP contribution >= 0.6 is 0 Å². The first-order valence-electron chi connectivity index (χ1n) is 8.85. The number of allylic oxidation sites excluding steroid dienone is 1. The molecule has 3 heteroatoms. The SMILES string of the molecule is Oc1ccc(N2CCNCC2CCC2C=Cc3ccccc32)cc1. The summed E-state index contributed by atoms with van der Waals surface area (Å²) in [5, 5.41) is 13.1. The molecule has 1 heterocycles. The van der Waals surface area contributed by atoms with E-state index in [0.717, 1.165) is 26.1 Å². The van der Waals surface area contributed by atoms with Crippen LogP contribution in [0.2, 0.25) is 0 Å². The van der Waals surface area contributed by atoms with Crippen LogP contribution in [0.3, 0.4) is 0 Å². The Morgan fingerprint density at radius 3 is 2.75 bits per heavy atom. The third kappa shape index (κ3) is 3.04. The molecule has 2 aromatic rings. The van der Waals surface area contributed by atoms with E-state index in [1.807, 2.05) is 12.1 Å². The van der Waals surface area contributed by atoms with Gasteiger partial charge in [0.2, 0.25) is 0 Å². The van der Waals surface area contributed by atoms with Gasteiger partial charge in [-0.3, -0.25) is 0 Å². The van der Waals surface area contributed by atoms with Crippen molar-refractivity contribution in [1.82, 2.24) is 5.32 Å². The third-order valence-electron chi connectivity index (χ3n) is 5.25. The molecule has 1 saturated heterocycles. The van der Waals surface area contributed by atoms with Crippen molar-refractivity contribution >= 4 is 11.8 Å². The van der Waals surface area contributed by atoms with Crippen molar-refractivity contribution in [2.75, 3.05) is 24.5 Å². The van der Waals surface area contributed by atoms with Gasteiger partial charge >= 0.3 is 0 Å². The number of hydrogen-bond acceptors (Lipinski definition) is 3. The van der Waals surface area contributed by atoms with Crippen LogP contribution in [0.15, 0.2) is 54.6 Å². The molecule has 0 bridgehead atoms. The first-order valence-corrected chi connectivity index (χ1v) is 8.85. The zero-order chi connectivity index (χ0) is 16.4. The van der Waals surface area contributed by atoms with Crippen molar-refractivity contribution in [3.05, 3.63) is 65.7 Å². The Morgan fingerprint density at radius 1 is 1.04 bits per heavy atom. The molecule has 2 unspecified atom stereocenters. The van der Waals surface area contributed by atoms with Crippen molar-refractivity contribution in [3.8, 4) is 5.75 Å². The highest BCUT2D eigenvalue weighted by Gasteiger charge is 2.24. The summed E-state index contributed by atoms with van der Waals surface area (Å²) in [5.74, 6) is 0.878. The number of phenolic OH excluding ortho intramolecular Hbond substituents is 1. The lowest BCUT2D eigenvalue weighted by Gasteiger charge is -2.38. The highest BCUT2D eigenvalue weighted by atomic mass is 16.3. The number of benzene rings is 2. The molecule has 2 N–H and O–H groups in total. The van der Waals surface area contributed by atoms with Gasteiger partial charge in [-0.2, -0.15) is 0 Å². The Labute approximate surface area is 143 Å². The molecule has 0 amide bonds. The molecule has 2 aliphatic rings. The summed E-state index contributed by atoms with van der Waals surface area (Å²) >= 11 is 0. The van der Waals surface area contributed by atoms with Gasteiger partial charge in [0.1, 0.15) is 5.75 Å². The van der Waals surface area contributed by atoms with Crippen LogP contribution in [0.25, 0.3) is 6.08 Å².